The molecule has 3 atom stereocenters. The Morgan fingerprint density at radius 2 is 2.14 bits per heavy atom. The topological polar surface area (TPSA) is 58.6 Å². The van der Waals surface area contributed by atoms with Gasteiger partial charge < -0.3 is 10.1 Å². The molecule has 0 aromatic heterocycles. The molecule has 0 radical (unpaired) electrons. The molecular formula is C14H28N2O3S2. The minimum absolute atomic E-state index is 0.230. The molecule has 2 aliphatic rings. The predicted octanol–water partition coefficient (Wildman–Crippen LogP) is 0.811. The molecule has 0 aliphatic carbocycles. The van der Waals surface area contributed by atoms with Crippen LogP contribution in [0.3, 0.4) is 0 Å². The second kappa shape index (κ2) is 8.15. The van der Waals surface area contributed by atoms with Crippen LogP contribution in [-0.2, 0) is 14.6 Å². The van der Waals surface area contributed by atoms with Crippen LogP contribution in [0.4, 0.5) is 0 Å². The Morgan fingerprint density at radius 1 is 1.33 bits per heavy atom. The van der Waals surface area contributed by atoms with Gasteiger partial charge in [0.05, 0.1) is 13.2 Å². The van der Waals surface area contributed by atoms with Crippen LogP contribution in [0.2, 0.25) is 0 Å². The number of ether oxygens (including phenoxy) is 1. The van der Waals surface area contributed by atoms with Crippen molar-refractivity contribution in [1.29, 1.82) is 0 Å². The van der Waals surface area contributed by atoms with Crippen LogP contribution in [0.1, 0.15) is 20.3 Å². The Morgan fingerprint density at radius 3 is 2.86 bits per heavy atom. The maximum absolute atomic E-state index is 12.3. The van der Waals surface area contributed by atoms with Crippen LogP contribution in [0, 0.1) is 5.92 Å². The standard InChI is InChI=1S/C14H28N2O3S2/c1-3-5-15-13-10-19-9-12(13)8-16-6-7-20-11-14(16)21(17,18)4-2/h12-15H,3-11H2,1-2H3. The van der Waals surface area contributed by atoms with E-state index in [1.165, 1.54) is 0 Å². The molecule has 2 aliphatic heterocycles. The first-order valence-electron chi connectivity index (χ1n) is 7.93. The highest BCUT2D eigenvalue weighted by Gasteiger charge is 2.37. The molecule has 124 valence electrons. The van der Waals surface area contributed by atoms with Crippen molar-refractivity contribution >= 4 is 21.6 Å². The lowest BCUT2D eigenvalue weighted by Gasteiger charge is -2.37. The Labute approximate surface area is 133 Å². The molecule has 3 unspecified atom stereocenters. The van der Waals surface area contributed by atoms with Crippen molar-refractivity contribution < 1.29 is 13.2 Å². The molecule has 0 bridgehead atoms. The highest BCUT2D eigenvalue weighted by atomic mass is 32.2. The molecule has 0 aromatic rings. The summed E-state index contributed by atoms with van der Waals surface area (Å²) in [5.74, 6) is 2.36. The number of rotatable bonds is 7. The number of sulfone groups is 1. The third-order valence-corrected chi connectivity index (χ3v) is 7.66. The van der Waals surface area contributed by atoms with Crippen molar-refractivity contribution in [3.05, 3.63) is 0 Å². The van der Waals surface area contributed by atoms with E-state index in [1.807, 2.05) is 0 Å². The van der Waals surface area contributed by atoms with E-state index < -0.39 is 9.84 Å². The van der Waals surface area contributed by atoms with Gasteiger partial charge in [-0.15, -0.1) is 0 Å². The molecule has 0 aromatic carbocycles. The molecule has 21 heavy (non-hydrogen) atoms. The number of hydrogen-bond acceptors (Lipinski definition) is 6. The Kier molecular flexibility index (Phi) is 6.80. The maximum atomic E-state index is 12.3. The fourth-order valence-corrected chi connectivity index (χ4v) is 6.07. The molecule has 0 amide bonds. The highest BCUT2D eigenvalue weighted by Crippen LogP contribution is 2.24. The molecule has 2 saturated heterocycles. The average Bonchev–Trinajstić information content (AvgIpc) is 2.92. The Bertz CT molecular complexity index is 416. The monoisotopic (exact) mass is 336 g/mol. The van der Waals surface area contributed by atoms with Gasteiger partial charge in [0.25, 0.3) is 0 Å². The van der Waals surface area contributed by atoms with E-state index in [-0.39, 0.29) is 11.1 Å². The van der Waals surface area contributed by atoms with Gasteiger partial charge in [0.15, 0.2) is 9.84 Å². The SMILES string of the molecule is CCCNC1COCC1CN1CCSCC1S(=O)(=O)CC. The van der Waals surface area contributed by atoms with Crippen molar-refractivity contribution in [1.82, 2.24) is 10.2 Å². The molecule has 2 rings (SSSR count). The molecule has 2 heterocycles. The van der Waals surface area contributed by atoms with Gasteiger partial charge in [-0.3, -0.25) is 4.90 Å². The largest absolute Gasteiger partial charge is 0.379 e. The second-order valence-corrected chi connectivity index (χ2v) is 9.43. The summed E-state index contributed by atoms with van der Waals surface area (Å²) >= 11 is 1.75. The van der Waals surface area contributed by atoms with Crippen molar-refractivity contribution in [2.75, 3.05) is 50.1 Å². The third-order valence-electron chi connectivity index (χ3n) is 4.33. The normalized spacial score (nSPS) is 31.6. The van der Waals surface area contributed by atoms with Gasteiger partial charge in [-0.25, -0.2) is 8.42 Å². The summed E-state index contributed by atoms with van der Waals surface area (Å²) < 4.78 is 30.2. The minimum Gasteiger partial charge on any atom is -0.379 e. The van der Waals surface area contributed by atoms with Crippen LogP contribution < -0.4 is 5.32 Å². The first kappa shape index (κ1) is 17.5. The quantitative estimate of drug-likeness (QED) is 0.742. The molecular weight excluding hydrogens is 308 g/mol. The summed E-state index contributed by atoms with van der Waals surface area (Å²) in [4.78, 5) is 2.18. The molecule has 2 fully saturated rings. The summed E-state index contributed by atoms with van der Waals surface area (Å²) in [7, 11) is -3.00. The molecule has 5 nitrogen and oxygen atoms in total. The first-order chi connectivity index (χ1) is 10.1. The fraction of sp³-hybridized carbons (Fsp3) is 1.00. The zero-order valence-electron chi connectivity index (χ0n) is 13.1. The highest BCUT2D eigenvalue weighted by molar-refractivity contribution is 8.01. The summed E-state index contributed by atoms with van der Waals surface area (Å²) in [5, 5.41) is 3.22. The van der Waals surface area contributed by atoms with Gasteiger partial charge in [0, 0.05) is 42.3 Å². The van der Waals surface area contributed by atoms with E-state index in [0.717, 1.165) is 45.0 Å². The van der Waals surface area contributed by atoms with E-state index in [1.54, 1.807) is 18.7 Å². The molecule has 7 heteroatoms. The van der Waals surface area contributed by atoms with Crippen LogP contribution in [-0.4, -0.2) is 74.8 Å². The number of thioether (sulfide) groups is 1. The van der Waals surface area contributed by atoms with E-state index >= 15 is 0 Å². The molecule has 0 spiro atoms. The summed E-state index contributed by atoms with van der Waals surface area (Å²) in [6.07, 6.45) is 1.11. The van der Waals surface area contributed by atoms with Crippen LogP contribution in [0.15, 0.2) is 0 Å². The van der Waals surface area contributed by atoms with Gasteiger partial charge in [0.2, 0.25) is 0 Å². The lowest BCUT2D eigenvalue weighted by molar-refractivity contribution is 0.165. The van der Waals surface area contributed by atoms with Crippen LogP contribution >= 0.6 is 11.8 Å². The molecule has 1 N–H and O–H groups in total. The number of nitrogens with zero attached hydrogens (tertiary/aromatic N) is 1. The van der Waals surface area contributed by atoms with E-state index in [0.29, 0.717) is 17.7 Å². The first-order valence-corrected chi connectivity index (χ1v) is 10.8. The summed E-state index contributed by atoms with van der Waals surface area (Å²) in [6.45, 7) is 8.08. The number of nitrogens with one attached hydrogen (secondary N) is 1. The van der Waals surface area contributed by atoms with Crippen molar-refractivity contribution in [2.24, 2.45) is 5.92 Å². The van der Waals surface area contributed by atoms with Crippen LogP contribution in [0.5, 0.6) is 0 Å². The van der Waals surface area contributed by atoms with Crippen molar-refractivity contribution in [3.8, 4) is 0 Å². The van der Waals surface area contributed by atoms with Gasteiger partial charge in [-0.05, 0) is 13.0 Å². The van der Waals surface area contributed by atoms with E-state index in [9.17, 15) is 8.42 Å². The van der Waals surface area contributed by atoms with Crippen molar-refractivity contribution in [3.63, 3.8) is 0 Å². The van der Waals surface area contributed by atoms with Gasteiger partial charge in [0.1, 0.15) is 5.37 Å². The zero-order valence-corrected chi connectivity index (χ0v) is 14.7. The lowest BCUT2D eigenvalue weighted by Crippen LogP contribution is -2.51. The predicted molar refractivity (Wildman–Crippen MR) is 88.5 cm³/mol. The molecule has 0 saturated carbocycles. The fourth-order valence-electron chi connectivity index (χ4n) is 2.98. The Balaban J connectivity index is 1.98. The smallest absolute Gasteiger partial charge is 0.166 e. The Hall–Kier alpha value is 0.180. The van der Waals surface area contributed by atoms with Crippen LogP contribution in [0.25, 0.3) is 0 Å². The number of hydrogen-bond donors (Lipinski definition) is 1. The van der Waals surface area contributed by atoms with Gasteiger partial charge in [-0.2, -0.15) is 11.8 Å². The maximum Gasteiger partial charge on any atom is 0.166 e. The van der Waals surface area contributed by atoms with Crippen molar-refractivity contribution in [2.45, 2.75) is 31.7 Å². The lowest BCUT2D eigenvalue weighted by atomic mass is 10.0. The summed E-state index contributed by atoms with van der Waals surface area (Å²) in [6, 6.07) is 0.365. The average molecular weight is 337 g/mol. The minimum atomic E-state index is -3.00. The second-order valence-electron chi connectivity index (χ2n) is 5.83. The van der Waals surface area contributed by atoms with Gasteiger partial charge >= 0.3 is 0 Å². The summed E-state index contributed by atoms with van der Waals surface area (Å²) in [5.41, 5.74) is 0. The van der Waals surface area contributed by atoms with E-state index in [4.69, 9.17) is 4.74 Å². The van der Waals surface area contributed by atoms with Gasteiger partial charge in [-0.1, -0.05) is 13.8 Å². The zero-order chi connectivity index (χ0) is 15.3. The van der Waals surface area contributed by atoms with E-state index in [2.05, 4.69) is 17.1 Å². The third kappa shape index (κ3) is 4.58.